The summed E-state index contributed by atoms with van der Waals surface area (Å²) >= 11 is 0. The van der Waals surface area contributed by atoms with Crippen LogP contribution in [0.2, 0.25) is 0 Å². The Bertz CT molecular complexity index is 1040. The van der Waals surface area contributed by atoms with Crippen LogP contribution in [0.3, 0.4) is 0 Å². The van der Waals surface area contributed by atoms with Crippen molar-refractivity contribution in [3.05, 3.63) is 64.0 Å². The van der Waals surface area contributed by atoms with Crippen LogP contribution in [-0.4, -0.2) is 33.7 Å². The van der Waals surface area contributed by atoms with E-state index in [0.717, 1.165) is 23.5 Å². The zero-order valence-electron chi connectivity index (χ0n) is 14.8. The summed E-state index contributed by atoms with van der Waals surface area (Å²) in [5, 5.41) is 5.90. The van der Waals surface area contributed by atoms with Crippen LogP contribution in [-0.2, 0) is 11.5 Å². The molecule has 1 aromatic carbocycles. The monoisotopic (exact) mass is 408 g/mol. The number of halogens is 3. The van der Waals surface area contributed by atoms with Crippen LogP contribution >= 0.6 is 0 Å². The van der Waals surface area contributed by atoms with Crippen molar-refractivity contribution < 1.29 is 27.2 Å². The zero-order chi connectivity index (χ0) is 20.6. The number of benzene rings is 1. The average Bonchev–Trinajstić information content (AvgIpc) is 3.49. The summed E-state index contributed by atoms with van der Waals surface area (Å²) in [7, 11) is 0. The van der Waals surface area contributed by atoms with E-state index in [1.54, 1.807) is 18.2 Å². The zero-order valence-corrected chi connectivity index (χ0v) is 14.8. The van der Waals surface area contributed by atoms with Crippen molar-refractivity contribution in [1.82, 2.24) is 15.0 Å². The lowest BCUT2D eigenvalue weighted by molar-refractivity contribution is -0.0980. The molecule has 4 rings (SSSR count). The molecule has 29 heavy (non-hydrogen) atoms. The summed E-state index contributed by atoms with van der Waals surface area (Å²) in [6.07, 6.45) is -3.15. The molecule has 2 heterocycles. The first-order valence-electron chi connectivity index (χ1n) is 8.75. The number of allylic oxidation sites excluding steroid dienone is 2. The van der Waals surface area contributed by atoms with Gasteiger partial charge in [-0.2, -0.15) is 13.2 Å². The number of carbonyl (C=O) groups is 1. The molecule has 0 bridgehead atoms. The van der Waals surface area contributed by atoms with Gasteiger partial charge in [0.05, 0.1) is 5.56 Å². The summed E-state index contributed by atoms with van der Waals surface area (Å²) in [6.45, 7) is -0.582. The molecule has 0 saturated heterocycles. The quantitative estimate of drug-likeness (QED) is 0.762. The molecular weight excluding hydrogens is 393 g/mol. The number of aliphatic imine (C=N–C) groups is 1. The van der Waals surface area contributed by atoms with Gasteiger partial charge in [0.1, 0.15) is 17.6 Å². The van der Waals surface area contributed by atoms with Crippen LogP contribution in [0.4, 0.5) is 13.2 Å². The van der Waals surface area contributed by atoms with Gasteiger partial charge in [0.2, 0.25) is 5.82 Å². The lowest BCUT2D eigenvalue weighted by atomic mass is 10.2. The number of rotatable bonds is 5. The smallest absolute Gasteiger partial charge is 0.440 e. The Balaban J connectivity index is 1.61. The molecule has 2 aromatic rings. The predicted octanol–water partition coefficient (Wildman–Crippen LogP) is 2.23. The predicted molar refractivity (Wildman–Crippen MR) is 92.9 cm³/mol. The van der Waals surface area contributed by atoms with Gasteiger partial charge in [-0.3, -0.25) is 9.52 Å². The Labute approximate surface area is 161 Å². The maximum Gasteiger partial charge on any atom is 0.444 e. The molecule has 1 aliphatic carbocycles. The largest absolute Gasteiger partial charge is 0.444 e. The second-order valence-electron chi connectivity index (χ2n) is 6.62. The maximum atomic E-state index is 13.3. The SMILES string of the molecule is O=C(OCn1c(C2=NC(C3CC3)NC(C(F)(F)F)=C2)noc1=O)c1ccccc1. The first-order chi connectivity index (χ1) is 13.8. The van der Waals surface area contributed by atoms with Crippen molar-refractivity contribution in [2.24, 2.45) is 10.9 Å². The number of hydrogen-bond acceptors (Lipinski definition) is 7. The van der Waals surface area contributed by atoms with E-state index in [4.69, 9.17) is 4.74 Å². The fourth-order valence-corrected chi connectivity index (χ4v) is 2.83. The number of esters is 1. The second kappa shape index (κ2) is 7.22. The molecule has 1 unspecified atom stereocenters. The highest BCUT2D eigenvalue weighted by Crippen LogP contribution is 2.37. The van der Waals surface area contributed by atoms with Gasteiger partial charge in [-0.15, -0.1) is 0 Å². The minimum absolute atomic E-state index is 0.0287. The molecule has 0 radical (unpaired) electrons. The molecule has 0 spiro atoms. The van der Waals surface area contributed by atoms with Crippen LogP contribution in [0.1, 0.15) is 29.0 Å². The molecule has 1 aromatic heterocycles. The Morgan fingerprint density at radius 1 is 1.28 bits per heavy atom. The topological polar surface area (TPSA) is 98.7 Å². The molecule has 1 N–H and O–H groups in total. The number of alkyl halides is 3. The molecule has 2 aliphatic rings. The average molecular weight is 408 g/mol. The van der Waals surface area contributed by atoms with Crippen LogP contribution in [0.15, 0.2) is 56.4 Å². The fourth-order valence-electron chi connectivity index (χ4n) is 2.83. The number of nitrogens with zero attached hydrogens (tertiary/aromatic N) is 3. The second-order valence-corrected chi connectivity index (χ2v) is 6.62. The number of hydrogen-bond donors (Lipinski definition) is 1. The molecule has 8 nitrogen and oxygen atoms in total. The van der Waals surface area contributed by atoms with E-state index in [1.807, 2.05) is 0 Å². The van der Waals surface area contributed by atoms with E-state index in [2.05, 4.69) is 20.0 Å². The highest BCUT2D eigenvalue weighted by molar-refractivity contribution is 6.07. The van der Waals surface area contributed by atoms with Gasteiger partial charge < -0.3 is 10.1 Å². The standard InChI is InChI=1S/C18H15F3N4O4/c19-18(20,21)13-8-12(22-14(23-13)10-6-7-10)15-24-29-17(27)25(15)9-28-16(26)11-4-2-1-3-5-11/h1-5,8,10,14,23H,6-7,9H2. The summed E-state index contributed by atoms with van der Waals surface area (Å²) in [4.78, 5) is 28.3. The Hall–Kier alpha value is -3.37. The van der Waals surface area contributed by atoms with Crippen molar-refractivity contribution in [3.8, 4) is 0 Å². The van der Waals surface area contributed by atoms with E-state index < -0.39 is 36.5 Å². The van der Waals surface area contributed by atoms with Gasteiger partial charge >= 0.3 is 17.9 Å². The first-order valence-corrected chi connectivity index (χ1v) is 8.75. The van der Waals surface area contributed by atoms with Crippen molar-refractivity contribution >= 4 is 11.7 Å². The third-order valence-corrected chi connectivity index (χ3v) is 4.49. The molecular formula is C18H15F3N4O4. The van der Waals surface area contributed by atoms with Crippen LogP contribution in [0.25, 0.3) is 0 Å². The summed E-state index contributed by atoms with van der Waals surface area (Å²) in [5.74, 6) is -1.96. The van der Waals surface area contributed by atoms with Crippen LogP contribution in [0.5, 0.6) is 0 Å². The van der Waals surface area contributed by atoms with E-state index in [0.29, 0.717) is 0 Å². The summed E-state index contributed by atoms with van der Waals surface area (Å²) < 4.78 is 50.3. The van der Waals surface area contributed by atoms with Gasteiger partial charge in [-0.25, -0.2) is 14.2 Å². The molecule has 1 saturated carbocycles. The van der Waals surface area contributed by atoms with Crippen molar-refractivity contribution in [1.29, 1.82) is 0 Å². The highest BCUT2D eigenvalue weighted by Gasteiger charge is 2.42. The maximum absolute atomic E-state index is 13.3. The van der Waals surface area contributed by atoms with E-state index >= 15 is 0 Å². The number of nitrogens with one attached hydrogen (secondary N) is 1. The lowest BCUT2D eigenvalue weighted by Crippen LogP contribution is -2.40. The van der Waals surface area contributed by atoms with E-state index in [-0.39, 0.29) is 23.0 Å². The molecule has 1 aliphatic heterocycles. The Morgan fingerprint density at radius 3 is 2.66 bits per heavy atom. The van der Waals surface area contributed by atoms with E-state index in [9.17, 15) is 22.8 Å². The Kier molecular flexibility index (Phi) is 4.73. The van der Waals surface area contributed by atoms with Gasteiger partial charge in [-0.1, -0.05) is 23.4 Å². The first kappa shape index (κ1) is 19.0. The van der Waals surface area contributed by atoms with Crippen LogP contribution < -0.4 is 11.1 Å². The highest BCUT2D eigenvalue weighted by atomic mass is 19.4. The third-order valence-electron chi connectivity index (χ3n) is 4.49. The molecule has 0 amide bonds. The van der Waals surface area contributed by atoms with Crippen LogP contribution in [0, 0.1) is 5.92 Å². The van der Waals surface area contributed by atoms with Gasteiger partial charge in [0, 0.05) is 0 Å². The number of ether oxygens (including phenoxy) is 1. The van der Waals surface area contributed by atoms with E-state index in [1.165, 1.54) is 12.1 Å². The summed E-state index contributed by atoms with van der Waals surface area (Å²) in [6, 6.07) is 8.04. The molecule has 152 valence electrons. The van der Waals surface area contributed by atoms with Gasteiger partial charge in [0.25, 0.3) is 0 Å². The normalized spacial score (nSPS) is 19.2. The minimum Gasteiger partial charge on any atom is -0.440 e. The summed E-state index contributed by atoms with van der Waals surface area (Å²) in [5.41, 5.74) is -0.900. The molecule has 11 heteroatoms. The van der Waals surface area contributed by atoms with Crippen molar-refractivity contribution in [2.45, 2.75) is 31.9 Å². The minimum atomic E-state index is -4.62. The van der Waals surface area contributed by atoms with Gasteiger partial charge in [0.15, 0.2) is 6.73 Å². The fraction of sp³-hybridized carbons (Fsp3) is 0.333. The molecule has 1 atom stereocenters. The third kappa shape index (κ3) is 4.08. The van der Waals surface area contributed by atoms with Crippen molar-refractivity contribution in [2.75, 3.05) is 0 Å². The number of aromatic nitrogens is 2. The lowest BCUT2D eigenvalue weighted by Gasteiger charge is -2.24. The Morgan fingerprint density at radius 2 is 2.00 bits per heavy atom. The molecule has 1 fully saturated rings. The van der Waals surface area contributed by atoms with Gasteiger partial charge in [-0.05, 0) is 37.0 Å². The van der Waals surface area contributed by atoms with Crippen molar-refractivity contribution in [3.63, 3.8) is 0 Å². The number of carbonyl (C=O) groups excluding carboxylic acids is 1.